The fourth-order valence-corrected chi connectivity index (χ4v) is 2.02. The molecule has 1 aromatic carbocycles. The Balaban J connectivity index is 0.000000486. The molecule has 7 heteroatoms. The smallest absolute Gasteiger partial charge is 0.341 e. The summed E-state index contributed by atoms with van der Waals surface area (Å²) in [5.74, 6) is -0.893. The molecule has 0 saturated carbocycles. The number of carboxylic acid groups (broad SMARTS) is 1. The van der Waals surface area contributed by atoms with Crippen molar-refractivity contribution < 1.29 is 14.6 Å². The zero-order valence-electron chi connectivity index (χ0n) is 12.3. The molecule has 0 aliphatic carbocycles. The van der Waals surface area contributed by atoms with Gasteiger partial charge in [0, 0.05) is 6.07 Å². The Morgan fingerprint density at radius 3 is 1.90 bits per heavy atom. The zero-order chi connectivity index (χ0) is 16.4. The molecule has 0 bridgehead atoms. The van der Waals surface area contributed by atoms with Gasteiger partial charge in [0.25, 0.3) is 0 Å². The number of ether oxygens (including phenoxy) is 1. The van der Waals surface area contributed by atoms with E-state index in [4.69, 9.17) is 44.6 Å². The van der Waals surface area contributed by atoms with E-state index in [0.29, 0.717) is 5.02 Å². The van der Waals surface area contributed by atoms with Gasteiger partial charge < -0.3 is 14.7 Å². The minimum absolute atomic E-state index is 0.198. The van der Waals surface area contributed by atoms with Crippen LogP contribution < -0.4 is 4.74 Å². The van der Waals surface area contributed by atoms with Crippen LogP contribution in [-0.2, 0) is 4.79 Å². The first-order chi connectivity index (χ1) is 9.85. The Morgan fingerprint density at radius 2 is 1.52 bits per heavy atom. The number of aliphatic carboxylic acids is 1. The number of carbonyl (C=O) groups is 1. The van der Waals surface area contributed by atoms with Crippen LogP contribution in [0.4, 0.5) is 0 Å². The molecule has 0 aromatic heterocycles. The van der Waals surface area contributed by atoms with Gasteiger partial charge in [-0.1, -0.05) is 55.6 Å². The molecular formula is C14H20Cl3NO3. The van der Waals surface area contributed by atoms with Gasteiger partial charge in [0.05, 0.1) is 15.1 Å². The number of hydrogen-bond acceptors (Lipinski definition) is 3. The van der Waals surface area contributed by atoms with Crippen LogP contribution in [0, 0.1) is 0 Å². The van der Waals surface area contributed by atoms with Crippen molar-refractivity contribution in [3.05, 3.63) is 27.2 Å². The number of halogens is 3. The molecule has 4 nitrogen and oxygen atoms in total. The van der Waals surface area contributed by atoms with Gasteiger partial charge in [-0.25, -0.2) is 4.79 Å². The van der Waals surface area contributed by atoms with Gasteiger partial charge >= 0.3 is 5.97 Å². The molecule has 0 fully saturated rings. The highest BCUT2D eigenvalue weighted by atomic mass is 35.5. The first-order valence-corrected chi connectivity index (χ1v) is 7.70. The van der Waals surface area contributed by atoms with Crippen LogP contribution in [0.5, 0.6) is 5.75 Å². The predicted octanol–water partition coefficient (Wildman–Crippen LogP) is 4.46. The molecular weight excluding hydrogens is 337 g/mol. The highest BCUT2D eigenvalue weighted by molar-refractivity contribution is 6.43. The van der Waals surface area contributed by atoms with Crippen molar-refractivity contribution in [3.63, 3.8) is 0 Å². The van der Waals surface area contributed by atoms with Crippen LogP contribution >= 0.6 is 34.8 Å². The molecule has 0 aliphatic heterocycles. The Morgan fingerprint density at radius 1 is 1.05 bits per heavy atom. The van der Waals surface area contributed by atoms with Gasteiger partial charge in [-0.15, -0.1) is 0 Å². The first kappa shape index (κ1) is 20.3. The maximum Gasteiger partial charge on any atom is 0.341 e. The van der Waals surface area contributed by atoms with E-state index in [1.807, 2.05) is 0 Å². The van der Waals surface area contributed by atoms with Crippen molar-refractivity contribution in [2.24, 2.45) is 0 Å². The second kappa shape index (κ2) is 11.0. The quantitative estimate of drug-likeness (QED) is 0.765. The third kappa shape index (κ3) is 8.37. The van der Waals surface area contributed by atoms with E-state index in [9.17, 15) is 4.79 Å². The van der Waals surface area contributed by atoms with Crippen molar-refractivity contribution >= 4 is 40.8 Å². The van der Waals surface area contributed by atoms with E-state index in [0.717, 1.165) is 0 Å². The van der Waals surface area contributed by atoms with E-state index in [2.05, 4.69) is 25.7 Å². The van der Waals surface area contributed by atoms with Crippen LogP contribution in [0.15, 0.2) is 12.1 Å². The van der Waals surface area contributed by atoms with Crippen LogP contribution in [-0.4, -0.2) is 42.2 Å². The van der Waals surface area contributed by atoms with Gasteiger partial charge in [0.15, 0.2) is 6.61 Å². The lowest BCUT2D eigenvalue weighted by molar-refractivity contribution is -0.139. The van der Waals surface area contributed by atoms with Crippen molar-refractivity contribution in [1.82, 2.24) is 4.90 Å². The molecule has 0 unspecified atom stereocenters. The highest BCUT2D eigenvalue weighted by Gasteiger charge is 2.08. The van der Waals surface area contributed by atoms with Crippen LogP contribution in [0.3, 0.4) is 0 Å². The zero-order valence-corrected chi connectivity index (χ0v) is 14.6. The molecule has 0 spiro atoms. The second-order valence-corrected chi connectivity index (χ2v) is 5.22. The van der Waals surface area contributed by atoms with E-state index in [-0.39, 0.29) is 15.8 Å². The average molecular weight is 357 g/mol. The lowest BCUT2D eigenvalue weighted by Gasteiger charge is -2.13. The summed E-state index contributed by atoms with van der Waals surface area (Å²) >= 11 is 17.1. The number of hydrogen-bond donors (Lipinski definition) is 1. The molecule has 1 aromatic rings. The molecule has 0 amide bonds. The van der Waals surface area contributed by atoms with Gasteiger partial charge in [0.2, 0.25) is 0 Å². The SMILES string of the molecule is CCN(CC)CC.O=C(O)COc1cc(Cl)c(Cl)cc1Cl. The van der Waals surface area contributed by atoms with Gasteiger partial charge in [0.1, 0.15) is 5.75 Å². The Labute approximate surface area is 140 Å². The van der Waals surface area contributed by atoms with E-state index >= 15 is 0 Å². The molecule has 0 heterocycles. The molecule has 120 valence electrons. The number of rotatable bonds is 6. The molecule has 0 saturated heterocycles. The van der Waals surface area contributed by atoms with Crippen LogP contribution in [0.2, 0.25) is 15.1 Å². The molecule has 0 radical (unpaired) electrons. The maximum atomic E-state index is 10.2. The van der Waals surface area contributed by atoms with Crippen LogP contribution in [0.1, 0.15) is 20.8 Å². The van der Waals surface area contributed by atoms with Crippen molar-refractivity contribution in [3.8, 4) is 5.75 Å². The fourth-order valence-electron chi connectivity index (χ4n) is 1.43. The lowest BCUT2D eigenvalue weighted by atomic mass is 10.3. The number of nitrogens with zero attached hydrogens (tertiary/aromatic N) is 1. The standard InChI is InChI=1S/C8H5Cl3O3.C6H15N/c9-4-1-6(11)7(2-5(4)10)14-3-8(12)13;1-4-7(5-2)6-3/h1-2H,3H2,(H,12,13);4-6H2,1-3H3. The maximum absolute atomic E-state index is 10.2. The Kier molecular flexibility index (Phi) is 10.6. The molecule has 21 heavy (non-hydrogen) atoms. The van der Waals surface area contributed by atoms with Crippen molar-refractivity contribution in [2.75, 3.05) is 26.2 Å². The van der Waals surface area contributed by atoms with E-state index < -0.39 is 12.6 Å². The second-order valence-electron chi connectivity index (χ2n) is 4.00. The summed E-state index contributed by atoms with van der Waals surface area (Å²) in [5.41, 5.74) is 0. The summed E-state index contributed by atoms with van der Waals surface area (Å²) in [7, 11) is 0. The lowest BCUT2D eigenvalue weighted by Crippen LogP contribution is -2.21. The monoisotopic (exact) mass is 355 g/mol. The summed E-state index contributed by atoms with van der Waals surface area (Å²) < 4.78 is 4.86. The minimum Gasteiger partial charge on any atom is -0.480 e. The van der Waals surface area contributed by atoms with Gasteiger partial charge in [-0.05, 0) is 25.7 Å². The summed E-state index contributed by atoms with van der Waals surface area (Å²) in [4.78, 5) is 12.6. The number of benzene rings is 1. The Hall–Kier alpha value is -0.680. The molecule has 0 aliphatic rings. The third-order valence-electron chi connectivity index (χ3n) is 2.67. The minimum atomic E-state index is -1.09. The van der Waals surface area contributed by atoms with Crippen molar-refractivity contribution in [2.45, 2.75) is 20.8 Å². The predicted molar refractivity (Wildman–Crippen MR) is 88.1 cm³/mol. The molecule has 1 N–H and O–H groups in total. The fraction of sp³-hybridized carbons (Fsp3) is 0.500. The topological polar surface area (TPSA) is 49.8 Å². The molecule has 0 atom stereocenters. The summed E-state index contributed by atoms with van der Waals surface area (Å²) in [5, 5.41) is 9.14. The third-order valence-corrected chi connectivity index (χ3v) is 3.69. The summed E-state index contributed by atoms with van der Waals surface area (Å²) in [6.07, 6.45) is 0. The first-order valence-electron chi connectivity index (χ1n) is 6.57. The highest BCUT2D eigenvalue weighted by Crippen LogP contribution is 2.33. The summed E-state index contributed by atoms with van der Waals surface area (Å²) in [6.45, 7) is 9.65. The average Bonchev–Trinajstić information content (AvgIpc) is 2.44. The van der Waals surface area contributed by atoms with Crippen molar-refractivity contribution in [1.29, 1.82) is 0 Å². The normalized spacial score (nSPS) is 10.0. The Bertz CT molecular complexity index is 446. The summed E-state index contributed by atoms with van der Waals surface area (Å²) in [6, 6.07) is 2.76. The number of carboxylic acids is 1. The van der Waals surface area contributed by atoms with E-state index in [1.54, 1.807) is 0 Å². The van der Waals surface area contributed by atoms with Gasteiger partial charge in [-0.3, -0.25) is 0 Å². The van der Waals surface area contributed by atoms with Crippen LogP contribution in [0.25, 0.3) is 0 Å². The van der Waals surface area contributed by atoms with Gasteiger partial charge in [-0.2, -0.15) is 0 Å². The molecule has 1 rings (SSSR count). The largest absolute Gasteiger partial charge is 0.480 e. The van der Waals surface area contributed by atoms with E-state index in [1.165, 1.54) is 31.8 Å².